The lowest BCUT2D eigenvalue weighted by Crippen LogP contribution is -2.47. The fourth-order valence-electron chi connectivity index (χ4n) is 3.60. The van der Waals surface area contributed by atoms with Crippen molar-refractivity contribution in [2.75, 3.05) is 25.1 Å². The standard InChI is InChI=1S/C19H36N6S.HI/c1-15(2)12-19(8-6-9-19)14-22-18(20-10-7-11-26-5)21-13-17-24-23-16(3)25(17)4;/h15H,6-14H2,1-5H3,(H2,20,21,22);1H. The molecule has 1 aromatic heterocycles. The van der Waals surface area contributed by atoms with Crippen LogP contribution in [0.1, 0.15) is 57.6 Å². The van der Waals surface area contributed by atoms with E-state index in [-0.39, 0.29) is 24.0 Å². The molecule has 0 unspecified atom stereocenters. The topological polar surface area (TPSA) is 67.1 Å². The van der Waals surface area contributed by atoms with Gasteiger partial charge < -0.3 is 15.2 Å². The number of halogens is 1. The molecule has 0 atom stereocenters. The van der Waals surface area contributed by atoms with Gasteiger partial charge in [0.25, 0.3) is 0 Å². The Morgan fingerprint density at radius 1 is 1.30 bits per heavy atom. The van der Waals surface area contributed by atoms with Gasteiger partial charge in [0.2, 0.25) is 0 Å². The van der Waals surface area contributed by atoms with Crippen LogP contribution in [0, 0.1) is 18.3 Å². The second-order valence-corrected chi connectivity index (χ2v) is 8.95. The van der Waals surface area contributed by atoms with E-state index < -0.39 is 0 Å². The van der Waals surface area contributed by atoms with Crippen LogP contribution in [0.25, 0.3) is 0 Å². The van der Waals surface area contributed by atoms with E-state index >= 15 is 0 Å². The van der Waals surface area contributed by atoms with E-state index in [9.17, 15) is 0 Å². The van der Waals surface area contributed by atoms with Gasteiger partial charge in [-0.05, 0) is 55.9 Å². The third kappa shape index (κ3) is 7.79. The minimum Gasteiger partial charge on any atom is -0.356 e. The highest BCUT2D eigenvalue weighted by atomic mass is 127. The first-order chi connectivity index (χ1) is 12.5. The number of nitrogens with zero attached hydrogens (tertiary/aromatic N) is 4. The number of nitrogens with one attached hydrogen (secondary N) is 2. The fraction of sp³-hybridized carbons (Fsp3) is 0.842. The molecule has 156 valence electrons. The molecular formula is C19H37IN6S. The van der Waals surface area contributed by atoms with Gasteiger partial charge in [-0.2, -0.15) is 11.8 Å². The van der Waals surface area contributed by atoms with Gasteiger partial charge in [0.05, 0.1) is 0 Å². The molecule has 1 fully saturated rings. The van der Waals surface area contributed by atoms with Crippen LogP contribution < -0.4 is 10.6 Å². The summed E-state index contributed by atoms with van der Waals surface area (Å²) in [7, 11) is 1.99. The van der Waals surface area contributed by atoms with Crippen LogP contribution >= 0.6 is 35.7 Å². The van der Waals surface area contributed by atoms with E-state index in [1.807, 2.05) is 30.3 Å². The van der Waals surface area contributed by atoms with Gasteiger partial charge in [-0.25, -0.2) is 4.99 Å². The first-order valence-electron chi connectivity index (χ1n) is 9.82. The number of hydrogen-bond acceptors (Lipinski definition) is 4. The highest BCUT2D eigenvalue weighted by Crippen LogP contribution is 2.45. The van der Waals surface area contributed by atoms with Crippen molar-refractivity contribution in [2.24, 2.45) is 23.4 Å². The minimum atomic E-state index is 0. The predicted octanol–water partition coefficient (Wildman–Crippen LogP) is 3.75. The summed E-state index contributed by atoms with van der Waals surface area (Å²) in [6.45, 7) is 9.12. The van der Waals surface area contributed by atoms with Gasteiger partial charge in [0, 0.05) is 20.1 Å². The zero-order chi connectivity index (χ0) is 19.0. The van der Waals surface area contributed by atoms with Crippen LogP contribution in [-0.2, 0) is 13.6 Å². The second kappa shape index (κ2) is 12.1. The maximum atomic E-state index is 4.77. The van der Waals surface area contributed by atoms with E-state index in [4.69, 9.17) is 4.99 Å². The summed E-state index contributed by atoms with van der Waals surface area (Å²) in [6, 6.07) is 0. The second-order valence-electron chi connectivity index (χ2n) is 7.97. The zero-order valence-electron chi connectivity index (χ0n) is 17.5. The molecule has 1 saturated carbocycles. The fourth-order valence-corrected chi connectivity index (χ4v) is 4.04. The molecule has 0 aromatic carbocycles. The average molecular weight is 509 g/mol. The Hall–Kier alpha value is -0.510. The number of aromatic nitrogens is 3. The molecule has 0 radical (unpaired) electrons. The molecule has 6 nitrogen and oxygen atoms in total. The summed E-state index contributed by atoms with van der Waals surface area (Å²) in [5, 5.41) is 15.4. The lowest BCUT2D eigenvalue weighted by Gasteiger charge is -2.43. The lowest BCUT2D eigenvalue weighted by atomic mass is 9.64. The van der Waals surface area contributed by atoms with Crippen molar-refractivity contribution in [2.45, 2.75) is 59.4 Å². The van der Waals surface area contributed by atoms with Gasteiger partial charge in [-0.1, -0.05) is 20.3 Å². The molecule has 0 aliphatic heterocycles. The average Bonchev–Trinajstić information content (AvgIpc) is 2.89. The van der Waals surface area contributed by atoms with Crippen molar-refractivity contribution in [3.05, 3.63) is 11.6 Å². The Kier molecular flexibility index (Phi) is 11.0. The van der Waals surface area contributed by atoms with Crippen LogP contribution in [0.3, 0.4) is 0 Å². The largest absolute Gasteiger partial charge is 0.356 e. The van der Waals surface area contributed by atoms with Gasteiger partial charge >= 0.3 is 0 Å². The summed E-state index contributed by atoms with van der Waals surface area (Å²) in [4.78, 5) is 4.77. The molecule has 1 heterocycles. The van der Waals surface area contributed by atoms with Crippen molar-refractivity contribution in [3.63, 3.8) is 0 Å². The van der Waals surface area contributed by atoms with E-state index in [0.29, 0.717) is 12.0 Å². The highest BCUT2D eigenvalue weighted by molar-refractivity contribution is 14.0. The smallest absolute Gasteiger partial charge is 0.191 e. The van der Waals surface area contributed by atoms with E-state index in [2.05, 4.69) is 40.9 Å². The summed E-state index contributed by atoms with van der Waals surface area (Å²) >= 11 is 1.88. The molecule has 0 bridgehead atoms. The molecule has 8 heteroatoms. The molecule has 1 aromatic rings. The Balaban J connectivity index is 0.00000364. The monoisotopic (exact) mass is 508 g/mol. The van der Waals surface area contributed by atoms with Crippen molar-refractivity contribution in [1.29, 1.82) is 0 Å². The molecule has 0 amide bonds. The van der Waals surface area contributed by atoms with Crippen molar-refractivity contribution in [1.82, 2.24) is 25.4 Å². The third-order valence-electron chi connectivity index (χ3n) is 5.27. The van der Waals surface area contributed by atoms with Crippen molar-refractivity contribution in [3.8, 4) is 0 Å². The first kappa shape index (κ1) is 24.5. The van der Waals surface area contributed by atoms with Crippen LogP contribution in [0.5, 0.6) is 0 Å². The van der Waals surface area contributed by atoms with Crippen LogP contribution in [-0.4, -0.2) is 45.8 Å². The molecule has 2 N–H and O–H groups in total. The molecule has 27 heavy (non-hydrogen) atoms. The maximum Gasteiger partial charge on any atom is 0.191 e. The molecule has 0 saturated heterocycles. The van der Waals surface area contributed by atoms with Crippen LogP contribution in [0.4, 0.5) is 0 Å². The van der Waals surface area contributed by atoms with E-state index in [0.717, 1.165) is 43.0 Å². The SMILES string of the molecule is CSCCCNC(=NCc1nnc(C)n1C)NCC1(CC(C)C)CCC1.I. The Labute approximate surface area is 186 Å². The highest BCUT2D eigenvalue weighted by Gasteiger charge is 2.37. The van der Waals surface area contributed by atoms with E-state index in [1.54, 1.807) is 0 Å². The Morgan fingerprint density at radius 2 is 2.04 bits per heavy atom. The third-order valence-corrected chi connectivity index (χ3v) is 5.96. The molecule has 0 spiro atoms. The van der Waals surface area contributed by atoms with Crippen LogP contribution in [0.15, 0.2) is 4.99 Å². The van der Waals surface area contributed by atoms with Crippen molar-refractivity contribution >= 4 is 41.7 Å². The van der Waals surface area contributed by atoms with E-state index in [1.165, 1.54) is 31.4 Å². The number of thioether (sulfide) groups is 1. The van der Waals surface area contributed by atoms with Gasteiger partial charge in [0.1, 0.15) is 12.4 Å². The minimum absolute atomic E-state index is 0. The van der Waals surface area contributed by atoms with Gasteiger partial charge in [-0.3, -0.25) is 0 Å². The first-order valence-corrected chi connectivity index (χ1v) is 11.2. The van der Waals surface area contributed by atoms with Gasteiger partial charge in [0.15, 0.2) is 11.8 Å². The number of hydrogen-bond donors (Lipinski definition) is 2. The summed E-state index contributed by atoms with van der Waals surface area (Å²) in [5.74, 6) is 4.63. The number of aliphatic imine (C=N–C) groups is 1. The Bertz CT molecular complexity index is 583. The number of aryl methyl sites for hydroxylation is 1. The van der Waals surface area contributed by atoms with Crippen LogP contribution in [0.2, 0.25) is 0 Å². The molecule has 1 aliphatic rings. The molecular weight excluding hydrogens is 471 g/mol. The normalized spacial score (nSPS) is 16.0. The van der Waals surface area contributed by atoms with Crippen molar-refractivity contribution < 1.29 is 0 Å². The lowest BCUT2D eigenvalue weighted by molar-refractivity contribution is 0.104. The summed E-state index contributed by atoms with van der Waals surface area (Å²) < 4.78 is 2.00. The maximum absolute atomic E-state index is 4.77. The number of guanidine groups is 1. The molecule has 1 aliphatic carbocycles. The summed E-state index contributed by atoms with van der Waals surface area (Å²) in [5.41, 5.74) is 0.456. The number of rotatable bonds is 10. The zero-order valence-corrected chi connectivity index (χ0v) is 20.7. The van der Waals surface area contributed by atoms with Gasteiger partial charge in [-0.15, -0.1) is 34.2 Å². The summed E-state index contributed by atoms with van der Waals surface area (Å²) in [6.07, 6.45) is 8.61. The predicted molar refractivity (Wildman–Crippen MR) is 127 cm³/mol. The Morgan fingerprint density at radius 3 is 2.56 bits per heavy atom. The quantitative estimate of drug-likeness (QED) is 0.218. The molecule has 2 rings (SSSR count).